The molecule has 1 aromatic carbocycles. The van der Waals surface area contributed by atoms with Crippen molar-refractivity contribution < 1.29 is 18.3 Å². The maximum atomic E-state index is 13.0. The van der Waals surface area contributed by atoms with E-state index in [-0.39, 0.29) is 17.3 Å². The average molecular weight is 239 g/mol. The highest BCUT2D eigenvalue weighted by atomic mass is 19.3. The molecule has 88 valence electrons. The van der Waals surface area contributed by atoms with Gasteiger partial charge >= 0.3 is 6.29 Å². The van der Waals surface area contributed by atoms with Crippen molar-refractivity contribution in [1.29, 1.82) is 0 Å². The van der Waals surface area contributed by atoms with Crippen LogP contribution in [0.15, 0.2) is 24.4 Å². The second-order valence-electron chi connectivity index (χ2n) is 3.50. The van der Waals surface area contributed by atoms with Crippen LogP contribution < -0.4 is 15.2 Å². The number of nitrogens with zero attached hydrogens (tertiary/aromatic N) is 1. The molecule has 5 nitrogen and oxygen atoms in total. The monoisotopic (exact) mass is 239 g/mol. The molecule has 1 aromatic heterocycles. The molecule has 1 aliphatic heterocycles. The molecule has 0 spiro atoms. The van der Waals surface area contributed by atoms with Crippen molar-refractivity contribution in [3.63, 3.8) is 0 Å². The number of alkyl halides is 2. The number of para-hydroxylation sites is 1. The molecule has 0 fully saturated rings. The third-order valence-electron chi connectivity index (χ3n) is 2.39. The second-order valence-corrected chi connectivity index (χ2v) is 3.50. The first-order valence-electron chi connectivity index (χ1n) is 4.75. The third-order valence-corrected chi connectivity index (χ3v) is 2.39. The first-order chi connectivity index (χ1) is 8.07. The third kappa shape index (κ3) is 1.47. The van der Waals surface area contributed by atoms with Crippen molar-refractivity contribution in [2.75, 3.05) is 5.73 Å². The number of ether oxygens (including phenoxy) is 2. The van der Waals surface area contributed by atoms with Gasteiger partial charge in [-0.1, -0.05) is 12.1 Å². The van der Waals surface area contributed by atoms with Gasteiger partial charge in [-0.2, -0.15) is 5.10 Å². The predicted molar refractivity (Wildman–Crippen MR) is 54.6 cm³/mol. The zero-order valence-corrected chi connectivity index (χ0v) is 8.41. The molecule has 0 aliphatic carbocycles. The molecule has 3 N–H and O–H groups in total. The number of aromatic amines is 1. The van der Waals surface area contributed by atoms with E-state index in [1.54, 1.807) is 12.1 Å². The molecule has 0 saturated heterocycles. The van der Waals surface area contributed by atoms with E-state index in [2.05, 4.69) is 19.7 Å². The zero-order chi connectivity index (χ0) is 12.0. The number of nitrogens with two attached hydrogens (primary N) is 1. The lowest BCUT2D eigenvalue weighted by Crippen LogP contribution is -2.26. The Hall–Kier alpha value is -2.31. The number of hydrogen-bond donors (Lipinski definition) is 2. The fourth-order valence-electron chi connectivity index (χ4n) is 1.69. The molecule has 17 heavy (non-hydrogen) atoms. The van der Waals surface area contributed by atoms with Gasteiger partial charge < -0.3 is 15.2 Å². The fourth-order valence-corrected chi connectivity index (χ4v) is 1.69. The summed E-state index contributed by atoms with van der Waals surface area (Å²) in [5.74, 6) is 0.218. The van der Waals surface area contributed by atoms with Crippen molar-refractivity contribution in [2.24, 2.45) is 0 Å². The van der Waals surface area contributed by atoms with E-state index in [1.165, 1.54) is 12.3 Å². The lowest BCUT2D eigenvalue weighted by atomic mass is 10.1. The molecule has 1 aliphatic rings. The summed E-state index contributed by atoms with van der Waals surface area (Å²) < 4.78 is 34.7. The summed E-state index contributed by atoms with van der Waals surface area (Å²) in [5, 5.41) is 6.25. The Morgan fingerprint density at radius 2 is 2.06 bits per heavy atom. The summed E-state index contributed by atoms with van der Waals surface area (Å²) in [5.41, 5.74) is 6.53. The average Bonchev–Trinajstić information content (AvgIpc) is 2.78. The lowest BCUT2D eigenvalue weighted by Gasteiger charge is -2.06. The number of H-pyrrole nitrogens is 1. The number of hydrogen-bond acceptors (Lipinski definition) is 4. The highest BCUT2D eigenvalue weighted by Gasteiger charge is 2.44. The van der Waals surface area contributed by atoms with Crippen molar-refractivity contribution in [1.82, 2.24) is 10.2 Å². The zero-order valence-electron chi connectivity index (χ0n) is 8.41. The summed E-state index contributed by atoms with van der Waals surface area (Å²) in [6.45, 7) is 0. The van der Waals surface area contributed by atoms with E-state index in [9.17, 15) is 8.78 Å². The van der Waals surface area contributed by atoms with Crippen molar-refractivity contribution in [2.45, 2.75) is 6.29 Å². The van der Waals surface area contributed by atoms with Gasteiger partial charge in [0.25, 0.3) is 0 Å². The van der Waals surface area contributed by atoms with Crippen LogP contribution in [0.25, 0.3) is 11.1 Å². The smallest absolute Gasteiger partial charge is 0.395 e. The molecule has 2 aromatic rings. The molecule has 3 rings (SSSR count). The highest BCUT2D eigenvalue weighted by molar-refractivity contribution is 5.80. The van der Waals surface area contributed by atoms with Gasteiger partial charge in [0.1, 0.15) is 5.82 Å². The lowest BCUT2D eigenvalue weighted by molar-refractivity contribution is -0.286. The molecule has 0 amide bonds. The topological polar surface area (TPSA) is 73.2 Å². The normalized spacial score (nSPS) is 16.1. The Morgan fingerprint density at radius 1 is 1.24 bits per heavy atom. The SMILES string of the molecule is Nc1[nH]ncc1-c1cccc2c1OC(F)(F)O2. The maximum absolute atomic E-state index is 13.0. The standard InChI is InChI=1S/C10H7F2N3O2/c11-10(12)16-7-3-1-2-5(8(7)17-10)6-4-14-15-9(6)13/h1-4H,(H3,13,14,15). The fraction of sp³-hybridized carbons (Fsp3) is 0.100. The molecule has 7 heteroatoms. The molecule has 0 radical (unpaired) electrons. The van der Waals surface area contributed by atoms with Gasteiger partial charge in [-0.25, -0.2) is 0 Å². The van der Waals surface area contributed by atoms with Crippen LogP contribution in [-0.4, -0.2) is 16.5 Å². The first kappa shape index (κ1) is 9.88. The molecule has 0 atom stereocenters. The Labute approximate surface area is 94.1 Å². The summed E-state index contributed by atoms with van der Waals surface area (Å²) >= 11 is 0. The number of halogens is 2. The van der Waals surface area contributed by atoms with Gasteiger partial charge in [0, 0.05) is 11.1 Å². The van der Waals surface area contributed by atoms with Crippen LogP contribution in [0.1, 0.15) is 0 Å². The minimum Gasteiger partial charge on any atom is -0.395 e. The van der Waals surface area contributed by atoms with Crippen LogP contribution in [0, 0.1) is 0 Å². The van der Waals surface area contributed by atoms with Gasteiger partial charge in [-0.3, -0.25) is 5.10 Å². The van der Waals surface area contributed by atoms with E-state index < -0.39 is 6.29 Å². The second kappa shape index (κ2) is 3.09. The molecule has 2 heterocycles. The minimum absolute atomic E-state index is 0.0203. The van der Waals surface area contributed by atoms with Gasteiger partial charge in [0.2, 0.25) is 0 Å². The summed E-state index contributed by atoms with van der Waals surface area (Å²) in [7, 11) is 0. The molecular weight excluding hydrogens is 232 g/mol. The number of anilines is 1. The summed E-state index contributed by atoms with van der Waals surface area (Å²) in [6.07, 6.45) is -2.21. The summed E-state index contributed by atoms with van der Waals surface area (Å²) in [6, 6.07) is 4.58. The Balaban J connectivity index is 2.16. The number of fused-ring (bicyclic) bond motifs is 1. The number of benzene rings is 1. The Morgan fingerprint density at radius 3 is 2.76 bits per heavy atom. The number of nitrogen functional groups attached to an aromatic ring is 1. The van der Waals surface area contributed by atoms with Gasteiger partial charge in [-0.05, 0) is 6.07 Å². The van der Waals surface area contributed by atoms with E-state index in [0.717, 1.165) is 0 Å². The number of nitrogens with one attached hydrogen (secondary N) is 1. The minimum atomic E-state index is -3.64. The number of aromatic nitrogens is 2. The van der Waals surface area contributed by atoms with Crippen molar-refractivity contribution in [3.05, 3.63) is 24.4 Å². The molecule has 0 bridgehead atoms. The van der Waals surface area contributed by atoms with Gasteiger partial charge in [0.05, 0.1) is 6.20 Å². The first-order valence-corrected chi connectivity index (χ1v) is 4.75. The largest absolute Gasteiger partial charge is 0.586 e. The van der Waals surface area contributed by atoms with Gasteiger partial charge in [0.15, 0.2) is 11.5 Å². The van der Waals surface area contributed by atoms with Crippen LogP contribution in [0.2, 0.25) is 0 Å². The molecule has 0 unspecified atom stereocenters. The van der Waals surface area contributed by atoms with Crippen LogP contribution in [0.5, 0.6) is 11.5 Å². The van der Waals surface area contributed by atoms with E-state index >= 15 is 0 Å². The molecular formula is C10H7F2N3O2. The Bertz CT molecular complexity index is 583. The van der Waals surface area contributed by atoms with Gasteiger partial charge in [-0.15, -0.1) is 8.78 Å². The van der Waals surface area contributed by atoms with Crippen molar-refractivity contribution in [3.8, 4) is 22.6 Å². The summed E-state index contributed by atoms with van der Waals surface area (Å²) in [4.78, 5) is 0. The van der Waals surface area contributed by atoms with Crippen LogP contribution in [-0.2, 0) is 0 Å². The van der Waals surface area contributed by atoms with Crippen LogP contribution >= 0.6 is 0 Å². The van der Waals surface area contributed by atoms with E-state index in [0.29, 0.717) is 11.1 Å². The number of rotatable bonds is 1. The van der Waals surface area contributed by atoms with Crippen LogP contribution in [0.4, 0.5) is 14.6 Å². The van der Waals surface area contributed by atoms with Crippen LogP contribution in [0.3, 0.4) is 0 Å². The van der Waals surface area contributed by atoms with E-state index in [1.807, 2.05) is 0 Å². The predicted octanol–water partition coefficient (Wildman–Crippen LogP) is 1.98. The van der Waals surface area contributed by atoms with Crippen molar-refractivity contribution >= 4 is 5.82 Å². The maximum Gasteiger partial charge on any atom is 0.586 e. The highest BCUT2D eigenvalue weighted by Crippen LogP contribution is 2.47. The quantitative estimate of drug-likeness (QED) is 0.798. The van der Waals surface area contributed by atoms with E-state index in [4.69, 9.17) is 5.73 Å². The Kier molecular flexibility index (Phi) is 1.80. The molecule has 0 saturated carbocycles.